The zero-order chi connectivity index (χ0) is 12.3. The molecule has 0 aromatic heterocycles. The summed E-state index contributed by atoms with van der Waals surface area (Å²) in [4.78, 5) is 0. The topological polar surface area (TPSA) is 12.0 Å². The van der Waals surface area contributed by atoms with Crippen LogP contribution in [0.4, 0.5) is 5.69 Å². The van der Waals surface area contributed by atoms with Crippen LogP contribution in [0.25, 0.3) is 0 Å². The molecule has 2 heteroatoms. The lowest BCUT2D eigenvalue weighted by Gasteiger charge is -2.10. The molecule has 88 valence electrons. The summed E-state index contributed by atoms with van der Waals surface area (Å²) in [6.45, 7) is 4.94. The predicted octanol–water partition coefficient (Wildman–Crippen LogP) is 4.57. The van der Waals surface area contributed by atoms with Gasteiger partial charge in [0.15, 0.2) is 0 Å². The minimum Gasteiger partial charge on any atom is -0.381 e. The van der Waals surface area contributed by atoms with Crippen LogP contribution in [0.2, 0.25) is 5.02 Å². The Morgan fingerprint density at radius 3 is 2.41 bits per heavy atom. The van der Waals surface area contributed by atoms with Crippen LogP contribution in [0.5, 0.6) is 0 Å². The highest BCUT2D eigenvalue weighted by Gasteiger charge is 2.01. The second-order valence-electron chi connectivity index (χ2n) is 4.25. The Balaban J connectivity index is 2.07. The average molecular weight is 246 g/mol. The molecular weight excluding hydrogens is 230 g/mol. The lowest BCUT2D eigenvalue weighted by Crippen LogP contribution is -2.01. The van der Waals surface area contributed by atoms with E-state index in [0.717, 1.165) is 22.8 Å². The smallest absolute Gasteiger partial charge is 0.0455 e. The Kier molecular flexibility index (Phi) is 3.70. The Morgan fingerprint density at radius 1 is 1.00 bits per heavy atom. The lowest BCUT2D eigenvalue weighted by atomic mass is 10.1. The summed E-state index contributed by atoms with van der Waals surface area (Å²) in [5.41, 5.74) is 4.75. The molecular formula is C15H16ClN. The van der Waals surface area contributed by atoms with E-state index in [1.807, 2.05) is 19.1 Å². The van der Waals surface area contributed by atoms with Gasteiger partial charge >= 0.3 is 0 Å². The van der Waals surface area contributed by atoms with E-state index in [2.05, 4.69) is 42.6 Å². The number of nitrogens with one attached hydrogen (secondary N) is 1. The van der Waals surface area contributed by atoms with Crippen molar-refractivity contribution in [2.24, 2.45) is 0 Å². The SMILES string of the molecule is Cc1ccc(CNc2cccc(Cl)c2C)cc1. The molecule has 0 aliphatic carbocycles. The van der Waals surface area contributed by atoms with Gasteiger partial charge in [0, 0.05) is 17.3 Å². The number of hydrogen-bond acceptors (Lipinski definition) is 1. The highest BCUT2D eigenvalue weighted by Crippen LogP contribution is 2.23. The highest BCUT2D eigenvalue weighted by molar-refractivity contribution is 6.31. The van der Waals surface area contributed by atoms with Crippen molar-refractivity contribution in [1.29, 1.82) is 0 Å². The number of halogens is 1. The molecule has 1 N–H and O–H groups in total. The zero-order valence-electron chi connectivity index (χ0n) is 10.1. The van der Waals surface area contributed by atoms with Crippen LogP contribution in [0.3, 0.4) is 0 Å². The predicted molar refractivity (Wildman–Crippen MR) is 74.7 cm³/mol. The molecule has 0 atom stereocenters. The molecule has 17 heavy (non-hydrogen) atoms. The van der Waals surface area contributed by atoms with Crippen LogP contribution in [0, 0.1) is 13.8 Å². The molecule has 0 heterocycles. The zero-order valence-corrected chi connectivity index (χ0v) is 10.9. The average Bonchev–Trinajstić information content (AvgIpc) is 2.33. The van der Waals surface area contributed by atoms with Gasteiger partial charge in [-0.25, -0.2) is 0 Å². The van der Waals surface area contributed by atoms with Gasteiger partial charge in [0.2, 0.25) is 0 Å². The molecule has 0 unspecified atom stereocenters. The normalized spacial score (nSPS) is 10.3. The van der Waals surface area contributed by atoms with Gasteiger partial charge in [-0.15, -0.1) is 0 Å². The van der Waals surface area contributed by atoms with E-state index in [9.17, 15) is 0 Å². The van der Waals surface area contributed by atoms with Gasteiger partial charge in [-0.3, -0.25) is 0 Å². The number of rotatable bonds is 3. The standard InChI is InChI=1S/C15H16ClN/c1-11-6-8-13(9-7-11)10-17-15-5-3-4-14(16)12(15)2/h3-9,17H,10H2,1-2H3. The number of aryl methyl sites for hydroxylation is 1. The van der Waals surface area contributed by atoms with Gasteiger partial charge in [-0.2, -0.15) is 0 Å². The van der Waals surface area contributed by atoms with Crippen molar-refractivity contribution < 1.29 is 0 Å². The molecule has 2 aromatic carbocycles. The first-order valence-corrected chi connectivity index (χ1v) is 6.09. The Bertz CT molecular complexity index is 503. The lowest BCUT2D eigenvalue weighted by molar-refractivity contribution is 1.14. The molecule has 0 aliphatic rings. The fourth-order valence-corrected chi connectivity index (χ4v) is 1.88. The van der Waals surface area contributed by atoms with Gasteiger partial charge in [-0.05, 0) is 37.1 Å². The van der Waals surface area contributed by atoms with Crippen LogP contribution >= 0.6 is 11.6 Å². The van der Waals surface area contributed by atoms with Crippen LogP contribution < -0.4 is 5.32 Å². The fraction of sp³-hybridized carbons (Fsp3) is 0.200. The fourth-order valence-electron chi connectivity index (χ4n) is 1.70. The van der Waals surface area contributed by atoms with E-state index >= 15 is 0 Å². The van der Waals surface area contributed by atoms with Crippen molar-refractivity contribution in [1.82, 2.24) is 0 Å². The summed E-state index contributed by atoms with van der Waals surface area (Å²) in [5, 5.41) is 4.21. The minimum atomic E-state index is 0.805. The summed E-state index contributed by atoms with van der Waals surface area (Å²) >= 11 is 6.08. The summed E-state index contributed by atoms with van der Waals surface area (Å²) in [6, 6.07) is 14.5. The molecule has 2 rings (SSSR count). The largest absolute Gasteiger partial charge is 0.381 e. The summed E-state index contributed by atoms with van der Waals surface area (Å²) in [7, 11) is 0. The van der Waals surface area contributed by atoms with Crippen LogP contribution in [-0.2, 0) is 6.54 Å². The summed E-state index contributed by atoms with van der Waals surface area (Å²) < 4.78 is 0. The van der Waals surface area contributed by atoms with Crippen molar-refractivity contribution in [3.63, 3.8) is 0 Å². The molecule has 0 bridgehead atoms. The minimum absolute atomic E-state index is 0.805. The molecule has 0 radical (unpaired) electrons. The Hall–Kier alpha value is -1.47. The third-order valence-electron chi connectivity index (χ3n) is 2.87. The maximum Gasteiger partial charge on any atom is 0.0455 e. The third kappa shape index (κ3) is 3.01. The highest BCUT2D eigenvalue weighted by atomic mass is 35.5. The van der Waals surface area contributed by atoms with Crippen molar-refractivity contribution in [3.05, 3.63) is 64.2 Å². The molecule has 0 amide bonds. The molecule has 0 saturated heterocycles. The van der Waals surface area contributed by atoms with E-state index in [1.165, 1.54) is 11.1 Å². The van der Waals surface area contributed by atoms with Crippen LogP contribution in [-0.4, -0.2) is 0 Å². The van der Waals surface area contributed by atoms with E-state index < -0.39 is 0 Å². The summed E-state index contributed by atoms with van der Waals surface area (Å²) in [6.07, 6.45) is 0. The van der Waals surface area contributed by atoms with Crippen molar-refractivity contribution >= 4 is 17.3 Å². The summed E-state index contributed by atoms with van der Waals surface area (Å²) in [5.74, 6) is 0. The van der Waals surface area contributed by atoms with E-state index in [1.54, 1.807) is 0 Å². The monoisotopic (exact) mass is 245 g/mol. The Morgan fingerprint density at radius 2 is 1.71 bits per heavy atom. The molecule has 0 aliphatic heterocycles. The first-order chi connectivity index (χ1) is 8.16. The van der Waals surface area contributed by atoms with Crippen LogP contribution in [0.1, 0.15) is 16.7 Å². The van der Waals surface area contributed by atoms with E-state index in [4.69, 9.17) is 11.6 Å². The number of benzene rings is 2. The van der Waals surface area contributed by atoms with Crippen LogP contribution in [0.15, 0.2) is 42.5 Å². The first kappa shape index (κ1) is 12.0. The molecule has 2 aromatic rings. The molecule has 0 fully saturated rings. The second-order valence-corrected chi connectivity index (χ2v) is 4.66. The van der Waals surface area contributed by atoms with Crippen molar-refractivity contribution in [3.8, 4) is 0 Å². The molecule has 0 spiro atoms. The van der Waals surface area contributed by atoms with Crippen molar-refractivity contribution in [2.45, 2.75) is 20.4 Å². The second kappa shape index (κ2) is 5.24. The third-order valence-corrected chi connectivity index (χ3v) is 3.28. The maximum absolute atomic E-state index is 6.08. The Labute approximate surface area is 107 Å². The number of hydrogen-bond donors (Lipinski definition) is 1. The quantitative estimate of drug-likeness (QED) is 0.835. The van der Waals surface area contributed by atoms with Gasteiger partial charge < -0.3 is 5.32 Å². The van der Waals surface area contributed by atoms with Gasteiger partial charge in [0.05, 0.1) is 0 Å². The van der Waals surface area contributed by atoms with E-state index in [0.29, 0.717) is 0 Å². The van der Waals surface area contributed by atoms with Gasteiger partial charge in [0.25, 0.3) is 0 Å². The first-order valence-electron chi connectivity index (χ1n) is 5.71. The molecule has 1 nitrogen and oxygen atoms in total. The van der Waals surface area contributed by atoms with Gasteiger partial charge in [-0.1, -0.05) is 47.5 Å². The number of anilines is 1. The van der Waals surface area contributed by atoms with Crippen molar-refractivity contribution in [2.75, 3.05) is 5.32 Å². The maximum atomic E-state index is 6.08. The van der Waals surface area contributed by atoms with E-state index in [-0.39, 0.29) is 0 Å². The van der Waals surface area contributed by atoms with Gasteiger partial charge in [0.1, 0.15) is 0 Å². The molecule has 0 saturated carbocycles.